The van der Waals surface area contributed by atoms with Crippen molar-refractivity contribution in [3.63, 3.8) is 0 Å². The van der Waals surface area contributed by atoms with Crippen LogP contribution in [0.3, 0.4) is 0 Å². The number of hydrogen-bond donors (Lipinski definition) is 1. The highest BCUT2D eigenvalue weighted by molar-refractivity contribution is 6.32. The molecule has 0 unspecified atom stereocenters. The number of rotatable bonds is 4. The number of ether oxygens (including phenoxy) is 1. The summed E-state index contributed by atoms with van der Waals surface area (Å²) in [7, 11) is 0. The van der Waals surface area contributed by atoms with E-state index in [1.807, 2.05) is 18.2 Å². The Kier molecular flexibility index (Phi) is 4.38. The zero-order valence-electron chi connectivity index (χ0n) is 11.6. The van der Waals surface area contributed by atoms with Crippen LogP contribution in [-0.2, 0) is 4.74 Å². The number of morpholine rings is 1. The standard InChI is InChI=1S/C14H17ClN4O2/c15-13-12(19-5-2-1-3-11(19)17-13)14(20)16-4-6-18-7-9-21-10-8-18/h1-3,5H,4,6-10H2,(H,16,20). The van der Waals surface area contributed by atoms with Gasteiger partial charge < -0.3 is 10.1 Å². The number of hydrogen-bond acceptors (Lipinski definition) is 4. The smallest absolute Gasteiger partial charge is 0.271 e. The molecule has 1 amide bonds. The monoisotopic (exact) mass is 308 g/mol. The molecule has 6 nitrogen and oxygen atoms in total. The molecule has 1 fully saturated rings. The van der Waals surface area contributed by atoms with Crippen molar-refractivity contribution >= 4 is 23.2 Å². The van der Waals surface area contributed by atoms with Gasteiger partial charge in [-0.05, 0) is 12.1 Å². The van der Waals surface area contributed by atoms with Crippen LogP contribution in [0.4, 0.5) is 0 Å². The summed E-state index contributed by atoms with van der Waals surface area (Å²) in [5.74, 6) is -0.202. The number of carbonyl (C=O) groups is 1. The zero-order chi connectivity index (χ0) is 14.7. The van der Waals surface area contributed by atoms with Crippen molar-refractivity contribution in [3.8, 4) is 0 Å². The Morgan fingerprint density at radius 3 is 3.00 bits per heavy atom. The maximum absolute atomic E-state index is 12.3. The molecule has 1 N–H and O–H groups in total. The molecule has 3 rings (SSSR count). The van der Waals surface area contributed by atoms with E-state index in [1.165, 1.54) is 0 Å². The van der Waals surface area contributed by atoms with E-state index >= 15 is 0 Å². The van der Waals surface area contributed by atoms with Crippen molar-refractivity contribution in [2.45, 2.75) is 0 Å². The van der Waals surface area contributed by atoms with E-state index in [0.29, 0.717) is 17.9 Å². The van der Waals surface area contributed by atoms with Crippen molar-refractivity contribution in [1.82, 2.24) is 19.6 Å². The fourth-order valence-electron chi connectivity index (χ4n) is 2.41. The van der Waals surface area contributed by atoms with Gasteiger partial charge >= 0.3 is 0 Å². The summed E-state index contributed by atoms with van der Waals surface area (Å²) in [6.07, 6.45) is 1.78. The molecule has 3 heterocycles. The number of nitrogens with zero attached hydrogens (tertiary/aromatic N) is 3. The molecule has 0 atom stereocenters. The lowest BCUT2D eigenvalue weighted by Gasteiger charge is -2.26. The maximum Gasteiger partial charge on any atom is 0.271 e. The van der Waals surface area contributed by atoms with Gasteiger partial charge in [0.2, 0.25) is 0 Å². The van der Waals surface area contributed by atoms with Crippen molar-refractivity contribution in [2.75, 3.05) is 39.4 Å². The van der Waals surface area contributed by atoms with E-state index in [9.17, 15) is 4.79 Å². The van der Waals surface area contributed by atoms with Gasteiger partial charge in [0.15, 0.2) is 10.8 Å². The molecule has 0 bridgehead atoms. The molecule has 2 aromatic rings. The third-order valence-electron chi connectivity index (χ3n) is 3.52. The van der Waals surface area contributed by atoms with Gasteiger partial charge in [0.25, 0.3) is 5.91 Å². The summed E-state index contributed by atoms with van der Waals surface area (Å²) in [4.78, 5) is 18.7. The van der Waals surface area contributed by atoms with Gasteiger partial charge in [-0.2, -0.15) is 0 Å². The van der Waals surface area contributed by atoms with Gasteiger partial charge in [-0.1, -0.05) is 17.7 Å². The summed E-state index contributed by atoms with van der Waals surface area (Å²) in [6, 6.07) is 5.52. The minimum Gasteiger partial charge on any atom is -0.379 e. The second-order valence-electron chi connectivity index (χ2n) is 4.89. The number of fused-ring (bicyclic) bond motifs is 1. The van der Waals surface area contributed by atoms with Gasteiger partial charge in [0, 0.05) is 32.4 Å². The number of imidazole rings is 1. The van der Waals surface area contributed by atoms with Crippen molar-refractivity contribution in [1.29, 1.82) is 0 Å². The molecule has 0 aromatic carbocycles. The highest BCUT2D eigenvalue weighted by Crippen LogP contribution is 2.17. The third-order valence-corrected chi connectivity index (χ3v) is 3.78. The summed E-state index contributed by atoms with van der Waals surface area (Å²) in [5, 5.41) is 3.13. The minimum absolute atomic E-state index is 0.202. The summed E-state index contributed by atoms with van der Waals surface area (Å²) in [5.41, 5.74) is 1.05. The molecule has 1 aliphatic rings. The highest BCUT2D eigenvalue weighted by Gasteiger charge is 2.18. The molecule has 21 heavy (non-hydrogen) atoms. The van der Waals surface area contributed by atoms with Crippen molar-refractivity contribution < 1.29 is 9.53 Å². The van der Waals surface area contributed by atoms with E-state index < -0.39 is 0 Å². The topological polar surface area (TPSA) is 58.9 Å². The molecule has 1 aliphatic heterocycles. The molecule has 0 saturated carbocycles. The van der Waals surface area contributed by atoms with Crippen molar-refractivity contribution in [3.05, 3.63) is 35.2 Å². The van der Waals surface area contributed by atoms with Crippen LogP contribution in [0.2, 0.25) is 5.15 Å². The summed E-state index contributed by atoms with van der Waals surface area (Å²) < 4.78 is 6.99. The third kappa shape index (κ3) is 3.18. The van der Waals surface area contributed by atoms with Gasteiger partial charge in [0.1, 0.15) is 5.65 Å². The van der Waals surface area contributed by atoms with Crippen LogP contribution in [0.5, 0.6) is 0 Å². The van der Waals surface area contributed by atoms with Gasteiger partial charge in [-0.3, -0.25) is 14.1 Å². The molecule has 0 radical (unpaired) electrons. The fourth-order valence-corrected chi connectivity index (χ4v) is 2.67. The van der Waals surface area contributed by atoms with E-state index in [1.54, 1.807) is 10.6 Å². The van der Waals surface area contributed by atoms with Crippen molar-refractivity contribution in [2.24, 2.45) is 0 Å². The van der Waals surface area contributed by atoms with E-state index in [0.717, 1.165) is 32.8 Å². The molecule has 0 aliphatic carbocycles. The maximum atomic E-state index is 12.3. The van der Waals surface area contributed by atoms with Crippen LogP contribution in [0.15, 0.2) is 24.4 Å². The van der Waals surface area contributed by atoms with Gasteiger partial charge in [0.05, 0.1) is 13.2 Å². The molecule has 7 heteroatoms. The Balaban J connectivity index is 1.62. The summed E-state index contributed by atoms with van der Waals surface area (Å²) in [6.45, 7) is 4.72. The second-order valence-corrected chi connectivity index (χ2v) is 5.25. The molecular weight excluding hydrogens is 292 g/mol. The molecule has 0 spiro atoms. The minimum atomic E-state index is -0.202. The Bertz CT molecular complexity index is 637. The van der Waals surface area contributed by atoms with Crippen LogP contribution in [0.1, 0.15) is 10.5 Å². The Labute approximate surface area is 127 Å². The lowest BCUT2D eigenvalue weighted by molar-refractivity contribution is 0.0383. The average Bonchev–Trinajstić information content (AvgIpc) is 2.84. The van der Waals surface area contributed by atoms with Crippen LogP contribution in [0, 0.1) is 0 Å². The predicted molar refractivity (Wildman–Crippen MR) is 79.8 cm³/mol. The SMILES string of the molecule is O=C(NCCN1CCOCC1)c1c(Cl)nc2ccccn12. The Hall–Kier alpha value is -1.63. The second kappa shape index (κ2) is 6.43. The van der Waals surface area contributed by atoms with Crippen LogP contribution in [-0.4, -0.2) is 59.6 Å². The number of pyridine rings is 1. The first-order valence-electron chi connectivity index (χ1n) is 6.96. The fraction of sp³-hybridized carbons (Fsp3) is 0.429. The number of amides is 1. The Morgan fingerprint density at radius 2 is 2.19 bits per heavy atom. The largest absolute Gasteiger partial charge is 0.379 e. The highest BCUT2D eigenvalue weighted by atomic mass is 35.5. The molecule has 2 aromatic heterocycles. The first kappa shape index (κ1) is 14.3. The molecular formula is C14H17ClN4O2. The van der Waals surface area contributed by atoms with E-state index in [2.05, 4.69) is 15.2 Å². The molecule has 1 saturated heterocycles. The Morgan fingerprint density at radius 1 is 1.38 bits per heavy atom. The number of nitrogens with one attached hydrogen (secondary N) is 1. The van der Waals surface area contributed by atoms with Crippen LogP contribution in [0.25, 0.3) is 5.65 Å². The van der Waals surface area contributed by atoms with Crippen LogP contribution >= 0.6 is 11.6 Å². The lowest BCUT2D eigenvalue weighted by atomic mass is 10.4. The first-order chi connectivity index (χ1) is 10.3. The number of aromatic nitrogens is 2. The predicted octanol–water partition coefficient (Wildman–Crippen LogP) is 1.05. The number of halogens is 1. The lowest BCUT2D eigenvalue weighted by Crippen LogP contribution is -2.41. The van der Waals surface area contributed by atoms with E-state index in [4.69, 9.17) is 16.3 Å². The number of carbonyl (C=O) groups excluding carboxylic acids is 1. The quantitative estimate of drug-likeness (QED) is 0.917. The zero-order valence-corrected chi connectivity index (χ0v) is 12.3. The summed E-state index contributed by atoms with van der Waals surface area (Å²) >= 11 is 6.07. The average molecular weight is 309 g/mol. The van der Waals surface area contributed by atoms with E-state index in [-0.39, 0.29) is 11.1 Å². The van der Waals surface area contributed by atoms with Crippen LogP contribution < -0.4 is 5.32 Å². The van der Waals surface area contributed by atoms with Gasteiger partial charge in [-0.25, -0.2) is 4.98 Å². The normalized spacial score (nSPS) is 16.2. The first-order valence-corrected chi connectivity index (χ1v) is 7.34. The molecule has 112 valence electrons. The van der Waals surface area contributed by atoms with Gasteiger partial charge in [-0.15, -0.1) is 0 Å².